The van der Waals surface area contributed by atoms with Crippen molar-refractivity contribution in [3.05, 3.63) is 23.8 Å². The fraction of sp³-hybridized carbons (Fsp3) is 0.462. The molecule has 6 nitrogen and oxygen atoms in total. The Hall–Kier alpha value is -1.60. The summed E-state index contributed by atoms with van der Waals surface area (Å²) in [6.07, 6.45) is 1.57. The molecule has 0 saturated carbocycles. The number of sulfonamides is 1. The predicted molar refractivity (Wildman–Crippen MR) is 77.6 cm³/mol. The van der Waals surface area contributed by atoms with E-state index in [-0.39, 0.29) is 16.5 Å². The van der Waals surface area contributed by atoms with Gasteiger partial charge in [0.05, 0.1) is 11.3 Å². The zero-order valence-electron chi connectivity index (χ0n) is 11.8. The minimum absolute atomic E-state index is 0.0529. The molecule has 0 spiro atoms. The lowest BCUT2D eigenvalue weighted by Gasteiger charge is -2.16. The van der Waals surface area contributed by atoms with Crippen molar-refractivity contribution in [1.82, 2.24) is 4.72 Å². The molecule has 0 aromatic heterocycles. The first-order chi connectivity index (χ1) is 9.31. The molecule has 1 atom stereocenters. The molecule has 0 bridgehead atoms. The van der Waals surface area contributed by atoms with Crippen LogP contribution >= 0.6 is 0 Å². The molecule has 0 unspecified atom stereocenters. The minimum atomic E-state index is -3.76. The third-order valence-electron chi connectivity index (χ3n) is 2.87. The average molecular weight is 300 g/mol. The predicted octanol–water partition coefficient (Wildman–Crippen LogP) is 1.89. The van der Waals surface area contributed by atoms with E-state index in [2.05, 4.69) is 10.0 Å². The number of hydrogen-bond donors (Lipinski definition) is 3. The van der Waals surface area contributed by atoms with Gasteiger partial charge in [0.1, 0.15) is 4.90 Å². The van der Waals surface area contributed by atoms with Crippen LogP contribution in [0, 0.1) is 0 Å². The number of hydrogen-bond acceptors (Lipinski definition) is 4. The van der Waals surface area contributed by atoms with Gasteiger partial charge in [0.15, 0.2) is 0 Å². The molecule has 20 heavy (non-hydrogen) atoms. The number of carboxylic acid groups (broad SMARTS) is 1. The summed E-state index contributed by atoms with van der Waals surface area (Å²) in [7, 11) is -2.17. The summed E-state index contributed by atoms with van der Waals surface area (Å²) < 4.78 is 27.2. The molecule has 0 radical (unpaired) electrons. The Labute approximate surface area is 119 Å². The molecule has 0 heterocycles. The number of benzene rings is 1. The molecule has 1 aromatic rings. The highest BCUT2D eigenvalue weighted by molar-refractivity contribution is 7.89. The first kappa shape index (κ1) is 16.5. The number of rotatable bonds is 7. The minimum Gasteiger partial charge on any atom is -0.478 e. The Morgan fingerprint density at radius 3 is 2.55 bits per heavy atom. The second-order valence-corrected chi connectivity index (χ2v) is 6.26. The summed E-state index contributed by atoms with van der Waals surface area (Å²) >= 11 is 0. The fourth-order valence-electron chi connectivity index (χ4n) is 1.90. The van der Waals surface area contributed by atoms with Gasteiger partial charge in [-0.25, -0.2) is 17.9 Å². The molecule has 0 aliphatic heterocycles. The van der Waals surface area contributed by atoms with Crippen LogP contribution in [-0.4, -0.2) is 32.6 Å². The van der Waals surface area contributed by atoms with E-state index in [4.69, 9.17) is 5.11 Å². The van der Waals surface area contributed by atoms with E-state index >= 15 is 0 Å². The van der Waals surface area contributed by atoms with Gasteiger partial charge in [0.2, 0.25) is 10.0 Å². The average Bonchev–Trinajstić information content (AvgIpc) is 2.37. The standard InChI is InChI=1S/C13H20N2O4S/c1-4-5-9(2)15-20(18,19)12-8-10(13(16)17)6-7-11(12)14-3/h6-9,14-15H,4-5H2,1-3H3,(H,16,17)/t9-/m1/s1. The molecule has 0 aliphatic carbocycles. The molecule has 1 rings (SSSR count). The van der Waals surface area contributed by atoms with Gasteiger partial charge in [0, 0.05) is 13.1 Å². The maximum atomic E-state index is 12.3. The molecule has 3 N–H and O–H groups in total. The number of nitrogens with one attached hydrogen (secondary N) is 2. The van der Waals surface area contributed by atoms with E-state index in [0.717, 1.165) is 12.5 Å². The normalized spacial score (nSPS) is 12.9. The molecule has 0 fully saturated rings. The summed E-state index contributed by atoms with van der Waals surface area (Å²) in [6.45, 7) is 3.75. The van der Waals surface area contributed by atoms with E-state index in [1.54, 1.807) is 14.0 Å². The summed E-state index contributed by atoms with van der Waals surface area (Å²) in [6, 6.07) is 3.77. The van der Waals surface area contributed by atoms with E-state index in [0.29, 0.717) is 12.1 Å². The highest BCUT2D eigenvalue weighted by Crippen LogP contribution is 2.23. The van der Waals surface area contributed by atoms with Gasteiger partial charge in [-0.1, -0.05) is 13.3 Å². The fourth-order valence-corrected chi connectivity index (χ4v) is 3.42. The van der Waals surface area contributed by atoms with Crippen molar-refractivity contribution in [2.24, 2.45) is 0 Å². The largest absolute Gasteiger partial charge is 0.478 e. The van der Waals surface area contributed by atoms with Crippen LogP contribution in [0.4, 0.5) is 5.69 Å². The number of carboxylic acids is 1. The van der Waals surface area contributed by atoms with E-state index in [1.807, 2.05) is 6.92 Å². The highest BCUT2D eigenvalue weighted by Gasteiger charge is 2.22. The van der Waals surface area contributed by atoms with Gasteiger partial charge in [-0.3, -0.25) is 0 Å². The maximum Gasteiger partial charge on any atom is 0.335 e. The summed E-state index contributed by atoms with van der Waals surface area (Å²) in [5.74, 6) is -1.16. The Balaban J connectivity index is 3.21. The van der Waals surface area contributed by atoms with Crippen LogP contribution in [0.15, 0.2) is 23.1 Å². The zero-order valence-corrected chi connectivity index (χ0v) is 12.6. The van der Waals surface area contributed by atoms with Crippen LogP contribution in [0.2, 0.25) is 0 Å². The third-order valence-corrected chi connectivity index (χ3v) is 4.49. The lowest BCUT2D eigenvalue weighted by Crippen LogP contribution is -2.33. The van der Waals surface area contributed by atoms with Gasteiger partial charge < -0.3 is 10.4 Å². The van der Waals surface area contributed by atoms with Crippen LogP contribution in [0.3, 0.4) is 0 Å². The molecule has 7 heteroatoms. The number of carbonyl (C=O) groups is 1. The van der Waals surface area contributed by atoms with Gasteiger partial charge in [0.25, 0.3) is 0 Å². The summed E-state index contributed by atoms with van der Waals surface area (Å²) in [5.41, 5.74) is 0.304. The topological polar surface area (TPSA) is 95.5 Å². The van der Waals surface area contributed by atoms with Crippen molar-refractivity contribution in [1.29, 1.82) is 0 Å². The van der Waals surface area contributed by atoms with Crippen molar-refractivity contribution in [3.63, 3.8) is 0 Å². The number of anilines is 1. The first-order valence-electron chi connectivity index (χ1n) is 6.39. The van der Waals surface area contributed by atoms with Crippen molar-refractivity contribution >= 4 is 21.7 Å². The van der Waals surface area contributed by atoms with E-state index < -0.39 is 16.0 Å². The lowest BCUT2D eigenvalue weighted by atomic mass is 10.2. The van der Waals surface area contributed by atoms with Crippen LogP contribution in [0.1, 0.15) is 37.0 Å². The van der Waals surface area contributed by atoms with E-state index in [1.165, 1.54) is 12.1 Å². The summed E-state index contributed by atoms with van der Waals surface area (Å²) in [4.78, 5) is 10.9. The SMILES string of the molecule is CCC[C@@H](C)NS(=O)(=O)c1cc(C(=O)O)ccc1NC. The Bertz CT molecular complexity index is 584. The van der Waals surface area contributed by atoms with Gasteiger partial charge in [-0.2, -0.15) is 0 Å². The lowest BCUT2D eigenvalue weighted by molar-refractivity contribution is 0.0696. The second-order valence-electron chi connectivity index (χ2n) is 4.58. The van der Waals surface area contributed by atoms with Crippen molar-refractivity contribution < 1.29 is 18.3 Å². The van der Waals surface area contributed by atoms with Gasteiger partial charge in [-0.15, -0.1) is 0 Å². The monoisotopic (exact) mass is 300 g/mol. The zero-order chi connectivity index (χ0) is 15.3. The first-order valence-corrected chi connectivity index (χ1v) is 7.87. The van der Waals surface area contributed by atoms with Crippen molar-refractivity contribution in [2.75, 3.05) is 12.4 Å². The molecular formula is C13H20N2O4S. The molecule has 112 valence electrons. The van der Waals surface area contributed by atoms with E-state index in [9.17, 15) is 13.2 Å². The smallest absolute Gasteiger partial charge is 0.335 e. The van der Waals surface area contributed by atoms with Crippen LogP contribution in [0.5, 0.6) is 0 Å². The van der Waals surface area contributed by atoms with Crippen LogP contribution in [-0.2, 0) is 10.0 Å². The molecule has 0 saturated heterocycles. The third kappa shape index (κ3) is 3.94. The molecule has 0 amide bonds. The molecule has 1 aromatic carbocycles. The molecular weight excluding hydrogens is 280 g/mol. The Morgan fingerprint density at radius 1 is 1.40 bits per heavy atom. The highest BCUT2D eigenvalue weighted by atomic mass is 32.2. The summed E-state index contributed by atoms with van der Waals surface area (Å²) in [5, 5.41) is 11.7. The Kier molecular flexibility index (Phi) is 5.52. The van der Waals surface area contributed by atoms with Crippen molar-refractivity contribution in [2.45, 2.75) is 37.6 Å². The Morgan fingerprint density at radius 2 is 2.05 bits per heavy atom. The quantitative estimate of drug-likeness (QED) is 0.714. The van der Waals surface area contributed by atoms with Crippen LogP contribution in [0.25, 0.3) is 0 Å². The molecule has 0 aliphatic rings. The van der Waals surface area contributed by atoms with Crippen LogP contribution < -0.4 is 10.0 Å². The second kappa shape index (κ2) is 6.71. The van der Waals surface area contributed by atoms with Crippen molar-refractivity contribution in [3.8, 4) is 0 Å². The number of aromatic carboxylic acids is 1. The maximum absolute atomic E-state index is 12.3. The van der Waals surface area contributed by atoms with Gasteiger partial charge >= 0.3 is 5.97 Å². The van der Waals surface area contributed by atoms with Gasteiger partial charge in [-0.05, 0) is 31.5 Å².